The number of ether oxygens (including phenoxy) is 1. The number of hydrogen-bond donors (Lipinski definition) is 1. The monoisotopic (exact) mass is 253 g/mol. The van der Waals surface area contributed by atoms with Gasteiger partial charge in [0.05, 0.1) is 24.3 Å². The summed E-state index contributed by atoms with van der Waals surface area (Å²) < 4.78 is 18.4. The minimum absolute atomic E-state index is 0.0395. The highest BCUT2D eigenvalue weighted by molar-refractivity contribution is 7.15. The van der Waals surface area contributed by atoms with Crippen LogP contribution in [0.5, 0.6) is 5.75 Å². The van der Waals surface area contributed by atoms with E-state index >= 15 is 0 Å². The van der Waals surface area contributed by atoms with Gasteiger partial charge in [-0.15, -0.1) is 11.3 Å². The molecular formula is C12H12FNO2S. The van der Waals surface area contributed by atoms with Crippen molar-refractivity contribution in [3.63, 3.8) is 0 Å². The van der Waals surface area contributed by atoms with Crippen LogP contribution in [0, 0.1) is 12.7 Å². The van der Waals surface area contributed by atoms with Crippen molar-refractivity contribution in [1.82, 2.24) is 4.98 Å². The Labute approximate surface area is 103 Å². The SMILES string of the molecule is COc1ccc(-c2nc(C)c(CO)s2)cc1F. The maximum Gasteiger partial charge on any atom is 0.165 e. The first-order valence-electron chi connectivity index (χ1n) is 5.06. The van der Waals surface area contributed by atoms with Gasteiger partial charge in [-0.1, -0.05) is 0 Å². The van der Waals surface area contributed by atoms with Gasteiger partial charge in [0.1, 0.15) is 5.01 Å². The summed E-state index contributed by atoms with van der Waals surface area (Å²) in [5, 5.41) is 9.79. The molecule has 0 aliphatic carbocycles. The molecule has 0 saturated heterocycles. The molecule has 5 heteroatoms. The van der Waals surface area contributed by atoms with Gasteiger partial charge in [-0.2, -0.15) is 0 Å². The molecule has 0 aliphatic rings. The second-order valence-corrected chi connectivity index (χ2v) is 4.62. The molecule has 0 radical (unpaired) electrons. The Morgan fingerprint density at radius 1 is 1.47 bits per heavy atom. The molecule has 0 aliphatic heterocycles. The Morgan fingerprint density at radius 2 is 2.24 bits per heavy atom. The summed E-state index contributed by atoms with van der Waals surface area (Å²) in [6.07, 6.45) is 0. The van der Waals surface area contributed by atoms with Gasteiger partial charge in [0, 0.05) is 5.56 Å². The van der Waals surface area contributed by atoms with E-state index in [2.05, 4.69) is 4.98 Å². The van der Waals surface area contributed by atoms with Gasteiger partial charge in [0.25, 0.3) is 0 Å². The van der Waals surface area contributed by atoms with Crippen LogP contribution in [-0.2, 0) is 6.61 Å². The van der Waals surface area contributed by atoms with Crippen molar-refractivity contribution < 1.29 is 14.2 Å². The summed E-state index contributed by atoms with van der Waals surface area (Å²) in [6, 6.07) is 4.71. The highest BCUT2D eigenvalue weighted by atomic mass is 32.1. The Morgan fingerprint density at radius 3 is 2.76 bits per heavy atom. The number of thiazole rings is 1. The Hall–Kier alpha value is -1.46. The standard InChI is InChI=1S/C12H12FNO2S/c1-7-11(6-15)17-12(14-7)8-3-4-10(16-2)9(13)5-8/h3-5,15H,6H2,1-2H3. The molecule has 1 N–H and O–H groups in total. The molecule has 2 rings (SSSR count). The number of benzene rings is 1. The number of aliphatic hydroxyl groups excluding tert-OH is 1. The fourth-order valence-electron chi connectivity index (χ4n) is 1.50. The second-order valence-electron chi connectivity index (χ2n) is 3.54. The van der Waals surface area contributed by atoms with E-state index < -0.39 is 5.82 Å². The lowest BCUT2D eigenvalue weighted by molar-refractivity contribution is 0.284. The molecule has 0 saturated carbocycles. The Bertz CT molecular complexity index is 539. The predicted molar refractivity (Wildman–Crippen MR) is 64.7 cm³/mol. The average molecular weight is 253 g/mol. The number of nitrogens with zero attached hydrogens (tertiary/aromatic N) is 1. The van der Waals surface area contributed by atoms with E-state index in [0.29, 0.717) is 10.6 Å². The van der Waals surface area contributed by atoms with Crippen LogP contribution in [0.25, 0.3) is 10.6 Å². The molecule has 17 heavy (non-hydrogen) atoms. The van der Waals surface area contributed by atoms with Crippen LogP contribution in [0.3, 0.4) is 0 Å². The number of aliphatic hydroxyl groups is 1. The normalized spacial score (nSPS) is 10.6. The fraction of sp³-hybridized carbons (Fsp3) is 0.250. The minimum Gasteiger partial charge on any atom is -0.494 e. The quantitative estimate of drug-likeness (QED) is 0.914. The molecule has 0 bridgehead atoms. The van der Waals surface area contributed by atoms with Crippen molar-refractivity contribution in [1.29, 1.82) is 0 Å². The van der Waals surface area contributed by atoms with E-state index in [1.54, 1.807) is 12.1 Å². The summed E-state index contributed by atoms with van der Waals surface area (Å²) in [6.45, 7) is 1.79. The van der Waals surface area contributed by atoms with E-state index in [9.17, 15) is 4.39 Å². The van der Waals surface area contributed by atoms with Crippen LogP contribution in [0.4, 0.5) is 4.39 Å². The molecule has 0 amide bonds. The molecule has 3 nitrogen and oxygen atoms in total. The maximum atomic E-state index is 13.5. The molecule has 1 aromatic heterocycles. The minimum atomic E-state index is -0.414. The van der Waals surface area contributed by atoms with Gasteiger partial charge in [0.15, 0.2) is 11.6 Å². The fourth-order valence-corrected chi connectivity index (χ4v) is 2.42. The molecule has 0 fully saturated rings. The summed E-state index contributed by atoms with van der Waals surface area (Å²) in [5.41, 5.74) is 1.47. The van der Waals surface area contributed by atoms with E-state index in [0.717, 1.165) is 10.6 Å². The highest BCUT2D eigenvalue weighted by Gasteiger charge is 2.11. The topological polar surface area (TPSA) is 42.4 Å². The van der Waals surface area contributed by atoms with E-state index in [-0.39, 0.29) is 12.4 Å². The molecule has 0 atom stereocenters. The third kappa shape index (κ3) is 2.30. The van der Waals surface area contributed by atoms with Gasteiger partial charge < -0.3 is 9.84 Å². The second kappa shape index (κ2) is 4.81. The van der Waals surface area contributed by atoms with Gasteiger partial charge >= 0.3 is 0 Å². The molecule has 2 aromatic rings. The average Bonchev–Trinajstić information content (AvgIpc) is 2.70. The van der Waals surface area contributed by atoms with Crippen molar-refractivity contribution in [3.05, 3.63) is 34.6 Å². The summed E-state index contributed by atoms with van der Waals surface area (Å²) >= 11 is 1.37. The number of aromatic nitrogens is 1. The zero-order chi connectivity index (χ0) is 12.4. The smallest absolute Gasteiger partial charge is 0.165 e. The number of rotatable bonds is 3. The van der Waals surface area contributed by atoms with Crippen LogP contribution in [0.2, 0.25) is 0 Å². The van der Waals surface area contributed by atoms with Crippen molar-refractivity contribution in [2.75, 3.05) is 7.11 Å². The zero-order valence-electron chi connectivity index (χ0n) is 9.53. The maximum absolute atomic E-state index is 13.5. The lowest BCUT2D eigenvalue weighted by Gasteiger charge is -2.02. The van der Waals surface area contributed by atoms with Gasteiger partial charge in [-0.3, -0.25) is 0 Å². The largest absolute Gasteiger partial charge is 0.494 e. The lowest BCUT2D eigenvalue weighted by Crippen LogP contribution is -1.88. The van der Waals surface area contributed by atoms with Crippen molar-refractivity contribution in [2.45, 2.75) is 13.5 Å². The Kier molecular flexibility index (Phi) is 3.40. The van der Waals surface area contributed by atoms with Gasteiger partial charge in [0.2, 0.25) is 0 Å². The van der Waals surface area contributed by atoms with Crippen molar-refractivity contribution in [3.8, 4) is 16.3 Å². The van der Waals surface area contributed by atoms with E-state index in [1.165, 1.54) is 24.5 Å². The highest BCUT2D eigenvalue weighted by Crippen LogP contribution is 2.30. The summed E-state index contributed by atoms with van der Waals surface area (Å²) in [5.74, 6) is -0.201. The number of methoxy groups -OCH3 is 1. The zero-order valence-corrected chi connectivity index (χ0v) is 10.3. The molecular weight excluding hydrogens is 241 g/mol. The first-order valence-corrected chi connectivity index (χ1v) is 5.88. The lowest BCUT2D eigenvalue weighted by atomic mass is 10.2. The molecule has 1 aromatic carbocycles. The van der Waals surface area contributed by atoms with E-state index in [1.807, 2.05) is 6.92 Å². The van der Waals surface area contributed by atoms with E-state index in [4.69, 9.17) is 9.84 Å². The predicted octanol–water partition coefficient (Wildman–Crippen LogP) is 2.76. The first-order chi connectivity index (χ1) is 8.15. The molecule has 90 valence electrons. The molecule has 1 heterocycles. The molecule has 0 spiro atoms. The van der Waals surface area contributed by atoms with Crippen LogP contribution < -0.4 is 4.74 Å². The summed E-state index contributed by atoms with van der Waals surface area (Å²) in [7, 11) is 1.43. The summed E-state index contributed by atoms with van der Waals surface area (Å²) in [4.78, 5) is 5.10. The van der Waals surface area contributed by atoms with Crippen LogP contribution >= 0.6 is 11.3 Å². The molecule has 0 unspecified atom stereocenters. The first kappa shape index (κ1) is 12.0. The third-order valence-corrected chi connectivity index (χ3v) is 3.63. The van der Waals surface area contributed by atoms with Crippen molar-refractivity contribution in [2.24, 2.45) is 0 Å². The van der Waals surface area contributed by atoms with Crippen LogP contribution in [0.1, 0.15) is 10.6 Å². The number of halogens is 1. The Balaban J connectivity index is 2.42. The van der Waals surface area contributed by atoms with Gasteiger partial charge in [-0.25, -0.2) is 9.37 Å². The number of hydrogen-bond acceptors (Lipinski definition) is 4. The third-order valence-electron chi connectivity index (χ3n) is 2.44. The van der Waals surface area contributed by atoms with Gasteiger partial charge in [-0.05, 0) is 25.1 Å². The van der Waals surface area contributed by atoms with Crippen LogP contribution in [-0.4, -0.2) is 17.2 Å². The number of aryl methyl sites for hydroxylation is 1. The van der Waals surface area contributed by atoms with Crippen molar-refractivity contribution >= 4 is 11.3 Å². The van der Waals surface area contributed by atoms with Crippen LogP contribution in [0.15, 0.2) is 18.2 Å².